The van der Waals surface area contributed by atoms with Gasteiger partial charge >= 0.3 is 0 Å². The summed E-state index contributed by atoms with van der Waals surface area (Å²) in [6.07, 6.45) is 0.187. The average molecular weight is 520 g/mol. The predicted molar refractivity (Wildman–Crippen MR) is 135 cm³/mol. The van der Waals surface area contributed by atoms with Crippen LogP contribution in [0.15, 0.2) is 36.4 Å². The Kier molecular flexibility index (Phi) is 6.09. The maximum absolute atomic E-state index is 13.9. The van der Waals surface area contributed by atoms with Gasteiger partial charge in [-0.3, -0.25) is 28.9 Å². The van der Waals surface area contributed by atoms with E-state index in [1.165, 1.54) is 4.90 Å². The number of Topliss-reactive ketones (excluding diaryl/α,β-unsaturated/α-hetero) is 4. The fourth-order valence-corrected chi connectivity index (χ4v) is 6.76. The smallest absolute Gasteiger partial charge is 0.235 e. The molecule has 2 saturated carbocycles. The number of aromatic hydroxyl groups is 1. The Bertz CT molecular complexity index is 1400. The van der Waals surface area contributed by atoms with Crippen molar-refractivity contribution in [3.05, 3.63) is 53.1 Å². The molecule has 0 radical (unpaired) electrons. The molecule has 198 valence electrons. The third-order valence-corrected chi connectivity index (χ3v) is 8.44. The number of amides is 1. The number of nitrogens with zero attached hydrogens (tertiary/aromatic N) is 1. The van der Waals surface area contributed by atoms with E-state index in [0.717, 1.165) is 5.56 Å². The van der Waals surface area contributed by atoms with E-state index in [4.69, 9.17) is 11.5 Å². The highest BCUT2D eigenvalue weighted by atomic mass is 16.3. The quantitative estimate of drug-likeness (QED) is 0.404. The van der Waals surface area contributed by atoms with Crippen LogP contribution >= 0.6 is 0 Å². The first kappa shape index (κ1) is 25.9. The van der Waals surface area contributed by atoms with Crippen LogP contribution in [-0.2, 0) is 32.1 Å². The zero-order chi connectivity index (χ0) is 27.7. The molecule has 2 aromatic rings. The average Bonchev–Trinajstić information content (AvgIpc) is 2.86. The van der Waals surface area contributed by atoms with E-state index in [0.29, 0.717) is 16.7 Å². The number of fused-ring (bicyclic) bond motifs is 3. The van der Waals surface area contributed by atoms with Crippen LogP contribution in [0.3, 0.4) is 0 Å². The minimum atomic E-state index is -2.75. The zero-order valence-corrected chi connectivity index (χ0v) is 21.0. The molecule has 0 aromatic heterocycles. The normalized spacial score (nSPS) is 30.6. The number of phenolic OH excluding ortho intramolecular Hbond substituents is 1. The van der Waals surface area contributed by atoms with Crippen LogP contribution in [-0.4, -0.2) is 69.9 Å². The largest absolute Gasteiger partial charge is 0.507 e. The number of nitrogens with two attached hydrogens (primary N) is 2. The van der Waals surface area contributed by atoms with Gasteiger partial charge in [0.2, 0.25) is 5.91 Å². The minimum Gasteiger partial charge on any atom is -0.507 e. The predicted octanol–water partition coefficient (Wildman–Crippen LogP) is -0.00730. The number of benzene rings is 2. The second kappa shape index (κ2) is 8.93. The lowest BCUT2D eigenvalue weighted by atomic mass is 9.52. The molecule has 0 spiro atoms. The van der Waals surface area contributed by atoms with Gasteiger partial charge in [0.05, 0.1) is 17.5 Å². The minimum absolute atomic E-state index is 0.00245. The van der Waals surface area contributed by atoms with Crippen molar-refractivity contribution in [3.63, 3.8) is 0 Å². The number of hydrogen-bond donors (Lipinski definition) is 4. The molecule has 3 aliphatic rings. The van der Waals surface area contributed by atoms with Crippen LogP contribution in [0.4, 0.5) is 0 Å². The Hall–Kier alpha value is -3.73. The van der Waals surface area contributed by atoms with Gasteiger partial charge in [0.25, 0.3) is 0 Å². The highest BCUT2D eigenvalue weighted by Crippen LogP contribution is 2.52. The van der Waals surface area contributed by atoms with Crippen molar-refractivity contribution >= 4 is 29.0 Å². The Labute approximate surface area is 218 Å². The van der Waals surface area contributed by atoms with E-state index >= 15 is 0 Å². The first-order chi connectivity index (χ1) is 17.9. The van der Waals surface area contributed by atoms with Crippen molar-refractivity contribution in [2.24, 2.45) is 35.1 Å². The summed E-state index contributed by atoms with van der Waals surface area (Å²) in [4.78, 5) is 68.0. The van der Waals surface area contributed by atoms with Crippen molar-refractivity contribution in [3.8, 4) is 16.9 Å². The van der Waals surface area contributed by atoms with Gasteiger partial charge in [-0.15, -0.1) is 0 Å². The topological polar surface area (TPSA) is 181 Å². The molecule has 6 N–H and O–H groups in total. The molecule has 3 aliphatic carbocycles. The molecule has 0 bridgehead atoms. The SMILES string of the molecule is CN(C)C1C(=O)C(C(N)=O)C(=O)C2(O)C(=O)C3C(=O)c4c(O)c(CN)cc(-c5ccccc5)c4CC3CC12. The molecule has 2 aromatic carbocycles. The van der Waals surface area contributed by atoms with Gasteiger partial charge in [0.15, 0.2) is 34.7 Å². The molecular weight excluding hydrogens is 490 g/mol. The van der Waals surface area contributed by atoms with Crippen molar-refractivity contribution in [1.29, 1.82) is 0 Å². The zero-order valence-electron chi connectivity index (χ0n) is 21.0. The van der Waals surface area contributed by atoms with Gasteiger partial charge < -0.3 is 21.7 Å². The van der Waals surface area contributed by atoms with Crippen molar-refractivity contribution in [2.45, 2.75) is 31.0 Å². The summed E-state index contributed by atoms with van der Waals surface area (Å²) in [5.41, 5.74) is 10.7. The third-order valence-electron chi connectivity index (χ3n) is 8.44. The molecule has 2 fully saturated rings. The first-order valence-electron chi connectivity index (χ1n) is 12.4. The highest BCUT2D eigenvalue weighted by molar-refractivity contribution is 6.32. The van der Waals surface area contributed by atoms with E-state index in [9.17, 15) is 34.2 Å². The summed E-state index contributed by atoms with van der Waals surface area (Å²) in [5, 5.41) is 22.7. The van der Waals surface area contributed by atoms with Crippen LogP contribution < -0.4 is 11.5 Å². The first-order valence-corrected chi connectivity index (χ1v) is 12.4. The van der Waals surface area contributed by atoms with Crippen LogP contribution in [0.5, 0.6) is 5.75 Å². The maximum atomic E-state index is 13.9. The molecule has 38 heavy (non-hydrogen) atoms. The maximum Gasteiger partial charge on any atom is 0.235 e. The van der Waals surface area contributed by atoms with Gasteiger partial charge in [-0.05, 0) is 55.6 Å². The van der Waals surface area contributed by atoms with Crippen LogP contribution in [0.25, 0.3) is 11.1 Å². The molecule has 5 rings (SSSR count). The van der Waals surface area contributed by atoms with E-state index in [2.05, 4.69) is 0 Å². The summed E-state index contributed by atoms with van der Waals surface area (Å²) in [6.45, 7) is -0.0638. The fraction of sp³-hybridized carbons (Fsp3) is 0.393. The van der Waals surface area contributed by atoms with Gasteiger partial charge in [-0.1, -0.05) is 30.3 Å². The standard InChI is InChI=1S/C28H29N3O7/c1-31(2)21-17-10-13-8-16-15(12-6-4-3-5-7-12)9-14(11-29)22(32)19(16)23(33)18(13)25(35)28(17,38)26(36)20(24(21)34)27(30)37/h3-7,9,13,17-18,20-21,32,38H,8,10-11,29H2,1-2H3,(H2,30,37). The number of carbonyl (C=O) groups excluding carboxylic acids is 5. The van der Waals surface area contributed by atoms with Crippen LogP contribution in [0.2, 0.25) is 0 Å². The number of aliphatic hydroxyl groups is 1. The van der Waals surface area contributed by atoms with E-state index in [1.54, 1.807) is 20.2 Å². The van der Waals surface area contributed by atoms with E-state index in [-0.39, 0.29) is 30.7 Å². The Balaban J connectivity index is 1.70. The molecule has 0 aliphatic heterocycles. The number of phenols is 1. The van der Waals surface area contributed by atoms with Crippen molar-refractivity contribution in [1.82, 2.24) is 4.90 Å². The number of primary amides is 1. The fourth-order valence-electron chi connectivity index (χ4n) is 6.76. The van der Waals surface area contributed by atoms with Gasteiger partial charge in [0, 0.05) is 18.0 Å². The summed E-state index contributed by atoms with van der Waals surface area (Å²) in [7, 11) is 3.10. The number of ketones is 4. The lowest BCUT2D eigenvalue weighted by Crippen LogP contribution is -2.74. The number of hydrogen-bond acceptors (Lipinski definition) is 9. The summed E-state index contributed by atoms with van der Waals surface area (Å²) in [5.74, 6) is -10.7. The monoisotopic (exact) mass is 519 g/mol. The summed E-state index contributed by atoms with van der Waals surface area (Å²) >= 11 is 0. The van der Waals surface area contributed by atoms with Gasteiger partial charge in [0.1, 0.15) is 5.75 Å². The molecule has 0 heterocycles. The van der Waals surface area contributed by atoms with E-state index < -0.39 is 64.4 Å². The second-order valence-electron chi connectivity index (χ2n) is 10.6. The second-order valence-corrected chi connectivity index (χ2v) is 10.6. The Morgan fingerprint density at radius 1 is 1.11 bits per heavy atom. The number of rotatable bonds is 4. The van der Waals surface area contributed by atoms with Crippen molar-refractivity contribution < 1.29 is 34.2 Å². The molecule has 6 unspecified atom stereocenters. The lowest BCUT2D eigenvalue weighted by Gasteiger charge is -2.52. The van der Waals surface area contributed by atoms with Crippen LogP contribution in [0, 0.1) is 23.7 Å². The molecule has 6 atom stereocenters. The molecule has 10 heteroatoms. The summed E-state index contributed by atoms with van der Waals surface area (Å²) < 4.78 is 0. The van der Waals surface area contributed by atoms with E-state index in [1.807, 2.05) is 30.3 Å². The third kappa shape index (κ3) is 3.40. The molecule has 0 saturated heterocycles. The van der Waals surface area contributed by atoms with Crippen LogP contribution in [0.1, 0.15) is 27.9 Å². The summed E-state index contributed by atoms with van der Waals surface area (Å²) in [6, 6.07) is 9.83. The number of likely N-dealkylation sites (N-methyl/N-ethyl adjacent to an activating group) is 1. The lowest BCUT2D eigenvalue weighted by molar-refractivity contribution is -0.181. The Morgan fingerprint density at radius 2 is 1.76 bits per heavy atom. The molecule has 10 nitrogen and oxygen atoms in total. The highest BCUT2D eigenvalue weighted by Gasteiger charge is 2.69. The molecule has 1 amide bonds. The molecular formula is C28H29N3O7. The van der Waals surface area contributed by atoms with Gasteiger partial charge in [-0.25, -0.2) is 0 Å². The van der Waals surface area contributed by atoms with Gasteiger partial charge in [-0.2, -0.15) is 0 Å². The van der Waals surface area contributed by atoms with Crippen molar-refractivity contribution in [2.75, 3.05) is 14.1 Å². The number of carbonyl (C=O) groups is 5. The Morgan fingerprint density at radius 3 is 2.34 bits per heavy atom.